The highest BCUT2D eigenvalue weighted by Gasteiger charge is 2.24. The normalized spacial score (nSPS) is 17.3. The van der Waals surface area contributed by atoms with Crippen molar-refractivity contribution >= 4 is 23.5 Å². The molecule has 0 spiro atoms. The lowest BCUT2D eigenvalue weighted by Crippen LogP contribution is -2.49. The molecule has 4 rings (SSSR count). The molecule has 1 aromatic carbocycles. The maximum atomic E-state index is 12.8. The van der Waals surface area contributed by atoms with Gasteiger partial charge in [-0.15, -0.1) is 0 Å². The van der Waals surface area contributed by atoms with E-state index in [0.29, 0.717) is 24.2 Å². The van der Waals surface area contributed by atoms with Gasteiger partial charge in [-0.1, -0.05) is 12.1 Å². The van der Waals surface area contributed by atoms with Gasteiger partial charge in [-0.05, 0) is 44.4 Å². The first kappa shape index (κ1) is 19.4. The van der Waals surface area contributed by atoms with E-state index in [1.54, 1.807) is 24.3 Å². The quantitative estimate of drug-likeness (QED) is 0.744. The summed E-state index contributed by atoms with van der Waals surface area (Å²) in [6.07, 6.45) is 5.51. The third-order valence-electron chi connectivity index (χ3n) is 5.70. The van der Waals surface area contributed by atoms with Crippen LogP contribution in [-0.2, 0) is 0 Å². The van der Waals surface area contributed by atoms with Crippen molar-refractivity contribution < 1.29 is 9.59 Å². The van der Waals surface area contributed by atoms with Crippen molar-refractivity contribution in [2.75, 3.05) is 49.1 Å². The van der Waals surface area contributed by atoms with Crippen LogP contribution in [-0.4, -0.2) is 65.8 Å². The number of amides is 1. The van der Waals surface area contributed by atoms with Crippen LogP contribution in [0.25, 0.3) is 0 Å². The number of carbonyl (C=O) groups is 2. The number of piperazine rings is 1. The van der Waals surface area contributed by atoms with Gasteiger partial charge in [-0.2, -0.15) is 4.98 Å². The van der Waals surface area contributed by atoms with Crippen LogP contribution in [0.3, 0.4) is 0 Å². The number of anilines is 2. The Kier molecular flexibility index (Phi) is 5.74. The summed E-state index contributed by atoms with van der Waals surface area (Å²) < 4.78 is 0. The van der Waals surface area contributed by atoms with Crippen molar-refractivity contribution in [1.82, 2.24) is 14.9 Å². The number of ketones is 1. The number of hydrogen-bond acceptors (Lipinski definition) is 6. The number of rotatable bonds is 4. The van der Waals surface area contributed by atoms with Crippen LogP contribution in [0.1, 0.15) is 46.9 Å². The lowest BCUT2D eigenvalue weighted by molar-refractivity contribution is 0.0746. The number of carbonyl (C=O) groups excluding carboxylic acids is 2. The largest absolute Gasteiger partial charge is 0.353 e. The molecule has 2 aromatic rings. The van der Waals surface area contributed by atoms with Crippen LogP contribution >= 0.6 is 0 Å². The SMILES string of the molecule is CC(=O)c1ccc(C(=O)N2CCN(c3ccnc(N4CCCCC4)n3)CC2)cc1. The maximum Gasteiger partial charge on any atom is 0.253 e. The van der Waals surface area contributed by atoms with Gasteiger partial charge >= 0.3 is 0 Å². The molecular formula is C22H27N5O2. The fraction of sp³-hybridized carbons (Fsp3) is 0.455. The van der Waals surface area contributed by atoms with E-state index in [1.165, 1.54) is 26.2 Å². The number of benzene rings is 1. The van der Waals surface area contributed by atoms with Crippen LogP contribution in [0.2, 0.25) is 0 Å². The number of Topliss-reactive ketones (excluding diaryl/α,β-unsaturated/α-hetero) is 1. The van der Waals surface area contributed by atoms with Crippen molar-refractivity contribution in [3.63, 3.8) is 0 Å². The molecule has 1 amide bonds. The summed E-state index contributed by atoms with van der Waals surface area (Å²) in [7, 11) is 0. The average Bonchev–Trinajstić information content (AvgIpc) is 2.79. The number of nitrogens with zero attached hydrogens (tertiary/aromatic N) is 5. The minimum Gasteiger partial charge on any atom is -0.353 e. The molecule has 152 valence electrons. The molecule has 2 aliphatic rings. The zero-order chi connectivity index (χ0) is 20.2. The summed E-state index contributed by atoms with van der Waals surface area (Å²) in [5.74, 6) is 1.76. The molecule has 2 aliphatic heterocycles. The van der Waals surface area contributed by atoms with Crippen LogP contribution in [0.15, 0.2) is 36.5 Å². The van der Waals surface area contributed by atoms with Gasteiger partial charge in [0.05, 0.1) is 0 Å². The van der Waals surface area contributed by atoms with E-state index in [9.17, 15) is 9.59 Å². The van der Waals surface area contributed by atoms with Crippen molar-refractivity contribution in [3.8, 4) is 0 Å². The Morgan fingerprint density at radius 1 is 0.793 bits per heavy atom. The fourth-order valence-electron chi connectivity index (χ4n) is 3.93. The van der Waals surface area contributed by atoms with E-state index in [0.717, 1.165) is 37.9 Å². The first-order chi connectivity index (χ1) is 14.1. The lowest BCUT2D eigenvalue weighted by atomic mass is 10.1. The predicted octanol–water partition coefficient (Wildman–Crippen LogP) is 2.63. The van der Waals surface area contributed by atoms with Gasteiger partial charge in [-0.3, -0.25) is 9.59 Å². The highest BCUT2D eigenvalue weighted by molar-refractivity contribution is 5.97. The molecule has 1 aromatic heterocycles. The van der Waals surface area contributed by atoms with Crippen molar-refractivity contribution in [1.29, 1.82) is 0 Å². The summed E-state index contributed by atoms with van der Waals surface area (Å²) in [5, 5.41) is 0. The monoisotopic (exact) mass is 393 g/mol. The van der Waals surface area contributed by atoms with E-state index in [-0.39, 0.29) is 11.7 Å². The highest BCUT2D eigenvalue weighted by Crippen LogP contribution is 2.20. The first-order valence-corrected chi connectivity index (χ1v) is 10.3. The molecule has 0 unspecified atom stereocenters. The van der Waals surface area contributed by atoms with Crippen LogP contribution < -0.4 is 9.80 Å². The molecule has 2 fully saturated rings. The third kappa shape index (κ3) is 4.39. The standard InChI is InChI=1S/C22H27N5O2/c1-17(28)18-5-7-19(8-6-18)21(29)26-15-13-25(14-16-26)20-9-10-23-22(24-20)27-11-3-2-4-12-27/h5-10H,2-4,11-16H2,1H3. The molecule has 7 nitrogen and oxygen atoms in total. The molecule has 3 heterocycles. The van der Waals surface area contributed by atoms with Crippen molar-refractivity contribution in [2.24, 2.45) is 0 Å². The van der Waals surface area contributed by atoms with E-state index in [4.69, 9.17) is 4.98 Å². The average molecular weight is 393 g/mol. The second-order valence-electron chi connectivity index (χ2n) is 7.68. The Morgan fingerprint density at radius 3 is 2.10 bits per heavy atom. The summed E-state index contributed by atoms with van der Waals surface area (Å²) in [4.78, 5) is 39.8. The minimum atomic E-state index is 0.00591. The molecular weight excluding hydrogens is 366 g/mol. The summed E-state index contributed by atoms with van der Waals surface area (Å²) >= 11 is 0. The van der Waals surface area contributed by atoms with E-state index in [1.807, 2.05) is 17.2 Å². The lowest BCUT2D eigenvalue weighted by Gasteiger charge is -2.36. The van der Waals surface area contributed by atoms with Gasteiger partial charge in [0.1, 0.15) is 5.82 Å². The second-order valence-corrected chi connectivity index (χ2v) is 7.68. The molecule has 2 saturated heterocycles. The molecule has 7 heteroatoms. The Hall–Kier alpha value is -2.96. The zero-order valence-corrected chi connectivity index (χ0v) is 16.9. The van der Waals surface area contributed by atoms with Crippen molar-refractivity contribution in [3.05, 3.63) is 47.7 Å². The molecule has 0 bridgehead atoms. The number of piperidine rings is 1. The van der Waals surface area contributed by atoms with Gasteiger partial charge in [0, 0.05) is 56.6 Å². The zero-order valence-electron chi connectivity index (χ0n) is 16.9. The summed E-state index contributed by atoms with van der Waals surface area (Å²) in [6.45, 7) is 6.36. The van der Waals surface area contributed by atoms with E-state index < -0.39 is 0 Å². The van der Waals surface area contributed by atoms with Gasteiger partial charge in [0.2, 0.25) is 5.95 Å². The highest BCUT2D eigenvalue weighted by atomic mass is 16.2. The number of aromatic nitrogens is 2. The third-order valence-corrected chi connectivity index (χ3v) is 5.70. The van der Waals surface area contributed by atoms with Gasteiger partial charge < -0.3 is 14.7 Å². The summed E-state index contributed by atoms with van der Waals surface area (Å²) in [6, 6.07) is 8.86. The molecule has 0 N–H and O–H groups in total. The molecule has 29 heavy (non-hydrogen) atoms. The smallest absolute Gasteiger partial charge is 0.253 e. The maximum absolute atomic E-state index is 12.8. The molecule has 0 radical (unpaired) electrons. The van der Waals surface area contributed by atoms with Gasteiger partial charge in [0.25, 0.3) is 5.91 Å². The minimum absolute atomic E-state index is 0.00591. The second kappa shape index (κ2) is 8.59. The summed E-state index contributed by atoms with van der Waals surface area (Å²) in [5.41, 5.74) is 1.25. The van der Waals surface area contributed by atoms with Crippen LogP contribution in [0.4, 0.5) is 11.8 Å². The topological polar surface area (TPSA) is 69.6 Å². The first-order valence-electron chi connectivity index (χ1n) is 10.3. The van der Waals surface area contributed by atoms with Crippen LogP contribution in [0.5, 0.6) is 0 Å². The van der Waals surface area contributed by atoms with Gasteiger partial charge in [0.15, 0.2) is 5.78 Å². The van der Waals surface area contributed by atoms with Gasteiger partial charge in [-0.25, -0.2) is 4.98 Å². The fourth-order valence-corrected chi connectivity index (χ4v) is 3.93. The van der Waals surface area contributed by atoms with E-state index >= 15 is 0 Å². The molecule has 0 saturated carbocycles. The Morgan fingerprint density at radius 2 is 1.45 bits per heavy atom. The number of hydrogen-bond donors (Lipinski definition) is 0. The van der Waals surface area contributed by atoms with Crippen LogP contribution in [0, 0.1) is 0 Å². The predicted molar refractivity (Wildman–Crippen MR) is 113 cm³/mol. The van der Waals surface area contributed by atoms with E-state index in [2.05, 4.69) is 14.8 Å². The Labute approximate surface area is 171 Å². The Balaban J connectivity index is 1.37. The molecule has 0 atom stereocenters. The molecule has 0 aliphatic carbocycles. The van der Waals surface area contributed by atoms with Crippen molar-refractivity contribution in [2.45, 2.75) is 26.2 Å². The Bertz CT molecular complexity index is 869.